The molecular weight excluding hydrogens is 594 g/mol. The van der Waals surface area contributed by atoms with Crippen molar-refractivity contribution in [3.8, 4) is 17.2 Å². The first-order chi connectivity index (χ1) is 21.5. The average molecular weight is 630 g/mol. The molecule has 7 atom stereocenters. The van der Waals surface area contributed by atoms with Crippen LogP contribution in [0.4, 0.5) is 0 Å². The summed E-state index contributed by atoms with van der Waals surface area (Å²) in [4.78, 5) is 39.8. The number of benzene rings is 2. The zero-order chi connectivity index (χ0) is 32.2. The van der Waals surface area contributed by atoms with Gasteiger partial charge >= 0.3 is 0 Å². The van der Waals surface area contributed by atoms with Crippen LogP contribution in [-0.4, -0.2) is 106 Å². The van der Waals surface area contributed by atoms with E-state index in [9.17, 15) is 39.9 Å². The smallest absolute Gasteiger partial charge is 0.202 e. The highest BCUT2D eigenvalue weighted by molar-refractivity contribution is 6.31. The number of phenols is 3. The molecule has 0 spiro atoms. The van der Waals surface area contributed by atoms with Crippen LogP contribution in [0.1, 0.15) is 75.3 Å². The van der Waals surface area contributed by atoms with E-state index in [4.69, 9.17) is 23.7 Å². The number of hydrogen-bond acceptors (Lipinski definition) is 14. The fourth-order valence-corrected chi connectivity index (χ4v) is 6.68. The van der Waals surface area contributed by atoms with Gasteiger partial charge in [-0.3, -0.25) is 19.7 Å². The van der Waals surface area contributed by atoms with Gasteiger partial charge in [0.05, 0.1) is 41.6 Å². The van der Waals surface area contributed by atoms with Gasteiger partial charge in [-0.15, -0.1) is 0 Å². The minimum atomic E-state index is -2.24. The van der Waals surface area contributed by atoms with E-state index in [0.717, 1.165) is 0 Å². The monoisotopic (exact) mass is 629 g/mol. The second kappa shape index (κ2) is 12.0. The number of carbonyl (C=O) groups excluding carboxylic acids is 3. The highest BCUT2D eigenvalue weighted by Crippen LogP contribution is 2.52. The zero-order valence-corrected chi connectivity index (χ0v) is 24.6. The predicted molar refractivity (Wildman–Crippen MR) is 151 cm³/mol. The van der Waals surface area contributed by atoms with Crippen molar-refractivity contribution in [2.45, 2.75) is 75.3 Å². The quantitative estimate of drug-likeness (QED) is 0.199. The number of Topliss-reactive ketones (excluding diaryl/α,β-unsaturated/α-hetero) is 1. The topological polar surface area (TPSA) is 211 Å². The van der Waals surface area contributed by atoms with Gasteiger partial charge in [0.25, 0.3) is 0 Å². The Morgan fingerprint density at radius 3 is 2.53 bits per heavy atom. The van der Waals surface area contributed by atoms with Crippen molar-refractivity contribution in [2.24, 2.45) is 0 Å². The lowest BCUT2D eigenvalue weighted by Crippen LogP contribution is -2.54. The average Bonchev–Trinajstić information content (AvgIpc) is 3.02. The van der Waals surface area contributed by atoms with Crippen LogP contribution in [-0.2, 0) is 34.9 Å². The number of aliphatic hydroxyl groups excluding tert-OH is 1. The molecule has 0 aromatic heterocycles. The van der Waals surface area contributed by atoms with Gasteiger partial charge in [-0.2, -0.15) is 0 Å². The van der Waals surface area contributed by atoms with Crippen LogP contribution in [0.2, 0.25) is 0 Å². The summed E-state index contributed by atoms with van der Waals surface area (Å²) >= 11 is 0. The second-order valence-corrected chi connectivity index (χ2v) is 11.7. The van der Waals surface area contributed by atoms with Crippen LogP contribution < -0.4 is 5.32 Å². The van der Waals surface area contributed by atoms with Crippen LogP contribution in [0, 0.1) is 0 Å². The largest absolute Gasteiger partial charge is 0.507 e. The van der Waals surface area contributed by atoms with Crippen LogP contribution >= 0.6 is 0 Å². The molecule has 4 aliphatic rings. The summed E-state index contributed by atoms with van der Waals surface area (Å²) in [5.74, 6) is -4.57. The summed E-state index contributed by atoms with van der Waals surface area (Å²) in [5, 5.41) is 57.6. The number of hydrogen-bond donors (Lipinski definition) is 6. The molecule has 242 valence electrons. The molecule has 2 aliphatic carbocycles. The number of fused-ring (bicyclic) bond motifs is 3. The lowest BCUT2D eigenvalue weighted by Gasteiger charge is -2.42. The van der Waals surface area contributed by atoms with Crippen molar-refractivity contribution in [2.75, 3.05) is 26.9 Å². The van der Waals surface area contributed by atoms with Crippen LogP contribution in [0.25, 0.3) is 0 Å². The fourth-order valence-electron chi connectivity index (χ4n) is 6.68. The molecule has 45 heavy (non-hydrogen) atoms. The van der Waals surface area contributed by atoms with Gasteiger partial charge < -0.3 is 49.2 Å². The van der Waals surface area contributed by atoms with Gasteiger partial charge in [-0.1, -0.05) is 12.1 Å². The molecule has 2 aromatic carbocycles. The lowest BCUT2D eigenvalue weighted by atomic mass is 9.72. The van der Waals surface area contributed by atoms with Gasteiger partial charge in [-0.25, -0.2) is 0 Å². The first-order valence-corrected chi connectivity index (χ1v) is 14.7. The third-order valence-corrected chi connectivity index (χ3v) is 8.96. The molecule has 2 aromatic rings. The Kier molecular flexibility index (Phi) is 8.43. The van der Waals surface area contributed by atoms with Crippen molar-refractivity contribution in [3.05, 3.63) is 51.6 Å². The summed E-state index contributed by atoms with van der Waals surface area (Å²) in [6.07, 6.45) is -4.55. The molecule has 2 aliphatic heterocycles. The van der Waals surface area contributed by atoms with Gasteiger partial charge in [0, 0.05) is 49.6 Å². The molecule has 0 saturated carbocycles. The van der Waals surface area contributed by atoms with E-state index in [1.165, 1.54) is 25.3 Å². The molecule has 0 bridgehead atoms. The lowest BCUT2D eigenvalue weighted by molar-refractivity contribution is -0.281. The van der Waals surface area contributed by atoms with E-state index in [2.05, 4.69) is 5.32 Å². The highest BCUT2D eigenvalue weighted by Gasteiger charge is 2.50. The van der Waals surface area contributed by atoms with Crippen LogP contribution in [0.3, 0.4) is 0 Å². The SMILES string of the molecule is CO[C@H]1OCCN[C@@H]1O[C@H]1CC[C@H](O[C@H]2C[C@](O)(C(=O)CO)Cc3c(O)c4c(c(O)c32)C(=O)c2c(O)cccc2C4=O)O[C@H]1C. The first-order valence-electron chi connectivity index (χ1n) is 14.7. The Balaban J connectivity index is 1.33. The molecular formula is C31H35NO13. The maximum Gasteiger partial charge on any atom is 0.202 e. The minimum absolute atomic E-state index is 0.109. The number of ether oxygens (including phenoxy) is 5. The molecule has 0 unspecified atom stereocenters. The first kappa shape index (κ1) is 31.5. The number of nitrogens with one attached hydrogen (secondary N) is 1. The molecule has 2 saturated heterocycles. The van der Waals surface area contributed by atoms with E-state index in [1.54, 1.807) is 6.92 Å². The summed E-state index contributed by atoms with van der Waals surface area (Å²) < 4.78 is 29.4. The number of rotatable bonds is 7. The zero-order valence-electron chi connectivity index (χ0n) is 24.6. The van der Waals surface area contributed by atoms with Gasteiger partial charge in [0.2, 0.25) is 5.78 Å². The Morgan fingerprint density at radius 2 is 1.82 bits per heavy atom. The number of aromatic hydroxyl groups is 3. The Bertz CT molecular complexity index is 1540. The van der Waals surface area contributed by atoms with E-state index in [0.29, 0.717) is 19.6 Å². The molecule has 0 radical (unpaired) electrons. The van der Waals surface area contributed by atoms with Gasteiger partial charge in [-0.05, 0) is 19.4 Å². The van der Waals surface area contributed by atoms with E-state index in [-0.39, 0.29) is 34.8 Å². The maximum atomic E-state index is 13.6. The second-order valence-electron chi connectivity index (χ2n) is 11.7. The number of phenolic OH excluding ortho intramolecular Hbond substituents is 3. The van der Waals surface area contributed by atoms with Crippen LogP contribution in [0.15, 0.2) is 18.2 Å². The number of ketones is 3. The van der Waals surface area contributed by atoms with Crippen molar-refractivity contribution < 1.29 is 63.6 Å². The van der Waals surface area contributed by atoms with E-state index < -0.39 is 102 Å². The summed E-state index contributed by atoms with van der Waals surface area (Å²) in [6, 6.07) is 3.89. The van der Waals surface area contributed by atoms with Crippen LogP contribution in [0.5, 0.6) is 17.2 Å². The van der Waals surface area contributed by atoms with E-state index in [1.807, 2.05) is 0 Å². The molecule has 2 fully saturated rings. The van der Waals surface area contributed by atoms with E-state index >= 15 is 0 Å². The Labute approximate surface area is 257 Å². The third-order valence-electron chi connectivity index (χ3n) is 8.96. The van der Waals surface area contributed by atoms with Gasteiger partial charge in [0.1, 0.15) is 29.5 Å². The number of methoxy groups -OCH3 is 1. The summed E-state index contributed by atoms with van der Waals surface area (Å²) in [5.41, 5.74) is -4.09. The molecule has 2 heterocycles. The van der Waals surface area contributed by atoms with Crippen molar-refractivity contribution in [3.63, 3.8) is 0 Å². The minimum Gasteiger partial charge on any atom is -0.507 e. The number of aliphatic hydroxyl groups is 2. The molecule has 6 rings (SSSR count). The Morgan fingerprint density at radius 1 is 1.07 bits per heavy atom. The van der Waals surface area contributed by atoms with Gasteiger partial charge in [0.15, 0.2) is 30.4 Å². The van der Waals surface area contributed by atoms with Crippen molar-refractivity contribution in [1.82, 2.24) is 5.32 Å². The van der Waals surface area contributed by atoms with Crippen molar-refractivity contribution in [1.29, 1.82) is 0 Å². The maximum absolute atomic E-state index is 13.6. The molecule has 14 nitrogen and oxygen atoms in total. The number of carbonyl (C=O) groups is 3. The summed E-state index contributed by atoms with van der Waals surface area (Å²) in [7, 11) is 1.51. The third kappa shape index (κ3) is 5.30. The number of morpholine rings is 1. The standard InChI is InChI=1S/C31H35NO13/c1-13-17(45-29-30(41-2)42-9-8-32-29)6-7-20(43-13)44-18-11-31(40,19(35)12-33)10-15-22(18)28(39)24-23(26(15)37)25(36)14-4-3-5-16(34)21(14)27(24)38/h3-5,13,17-18,20,29-30,32-34,37,39-40H,6-12H2,1-2H3/t13-,17-,18-,20-,29+,30-,31-/m0/s1. The predicted octanol–water partition coefficient (Wildman–Crippen LogP) is 0.704. The normalized spacial score (nSPS) is 31.2. The Hall–Kier alpha value is -3.47. The summed E-state index contributed by atoms with van der Waals surface area (Å²) in [6.45, 7) is 1.81. The van der Waals surface area contributed by atoms with Crippen molar-refractivity contribution >= 4 is 17.3 Å². The fraction of sp³-hybridized carbons (Fsp3) is 0.516. The molecule has 6 N–H and O–H groups in total. The highest BCUT2D eigenvalue weighted by atomic mass is 16.7. The molecule has 14 heteroatoms. The molecule has 0 amide bonds.